The van der Waals surface area contributed by atoms with Crippen LogP contribution < -0.4 is 11.1 Å². The van der Waals surface area contributed by atoms with Gasteiger partial charge in [-0.15, -0.1) is 0 Å². The Labute approximate surface area is 91.2 Å². The lowest BCUT2D eigenvalue weighted by Crippen LogP contribution is -2.50. The lowest BCUT2D eigenvalue weighted by Gasteiger charge is -2.32. The van der Waals surface area contributed by atoms with E-state index in [1.807, 2.05) is 20.8 Å². The van der Waals surface area contributed by atoms with Gasteiger partial charge in [-0.3, -0.25) is 4.79 Å². The zero-order valence-electron chi connectivity index (χ0n) is 9.79. The first-order chi connectivity index (χ1) is 6.80. The van der Waals surface area contributed by atoms with Crippen LogP contribution >= 0.6 is 0 Å². The summed E-state index contributed by atoms with van der Waals surface area (Å²) < 4.78 is 0. The Balaban J connectivity index is 2.24. The molecule has 0 aliphatic heterocycles. The molecule has 0 heterocycles. The summed E-state index contributed by atoms with van der Waals surface area (Å²) >= 11 is 0. The van der Waals surface area contributed by atoms with Gasteiger partial charge in [0.15, 0.2) is 0 Å². The van der Waals surface area contributed by atoms with Crippen LogP contribution in [-0.2, 0) is 4.79 Å². The predicted octanol–water partition coefficient (Wildman–Crippen LogP) is 0.247. The van der Waals surface area contributed by atoms with Crippen molar-refractivity contribution in [3.05, 3.63) is 0 Å². The van der Waals surface area contributed by atoms with E-state index in [9.17, 15) is 4.79 Å². The number of amides is 1. The van der Waals surface area contributed by atoms with Gasteiger partial charge in [0.2, 0.25) is 5.91 Å². The fourth-order valence-corrected chi connectivity index (χ4v) is 1.62. The van der Waals surface area contributed by atoms with E-state index in [0.29, 0.717) is 12.5 Å². The van der Waals surface area contributed by atoms with Gasteiger partial charge in [-0.1, -0.05) is 20.8 Å². The lowest BCUT2D eigenvalue weighted by atomic mass is 9.82. The van der Waals surface area contributed by atoms with Gasteiger partial charge in [0, 0.05) is 6.54 Å². The summed E-state index contributed by atoms with van der Waals surface area (Å²) in [4.78, 5) is 11.6. The molecule has 1 rings (SSSR count). The van der Waals surface area contributed by atoms with Gasteiger partial charge in [-0.25, -0.2) is 0 Å². The summed E-state index contributed by atoms with van der Waals surface area (Å²) in [6, 6.07) is -0.470. The quantitative estimate of drug-likeness (QED) is 0.630. The molecule has 0 radical (unpaired) electrons. The van der Waals surface area contributed by atoms with E-state index < -0.39 is 6.04 Å². The number of hydrogen-bond donors (Lipinski definition) is 3. The summed E-state index contributed by atoms with van der Waals surface area (Å²) in [6.07, 6.45) is 1.43. The Kier molecular flexibility index (Phi) is 3.73. The number of rotatable bonds is 3. The van der Waals surface area contributed by atoms with Gasteiger partial charge in [0.25, 0.3) is 0 Å². The van der Waals surface area contributed by atoms with Crippen molar-refractivity contribution in [3.63, 3.8) is 0 Å². The number of carbonyl (C=O) groups excluding carboxylic acids is 1. The standard InChI is InChI=1S/C11H22N2O2/c1-11(2,3)9(12)10(15)13-6-7-4-8(14)5-7/h7-9,14H,4-6,12H2,1-3H3,(H,13,15)/t7?,8?,9-/m1/s1. The number of nitrogens with one attached hydrogen (secondary N) is 1. The van der Waals surface area contributed by atoms with Gasteiger partial charge >= 0.3 is 0 Å². The van der Waals surface area contributed by atoms with Gasteiger partial charge < -0.3 is 16.2 Å². The molecule has 0 aromatic rings. The summed E-state index contributed by atoms with van der Waals surface area (Å²) in [5, 5.41) is 11.9. The van der Waals surface area contributed by atoms with E-state index in [1.165, 1.54) is 0 Å². The maximum absolute atomic E-state index is 11.6. The molecule has 4 N–H and O–H groups in total. The molecule has 88 valence electrons. The molecule has 1 atom stereocenters. The fourth-order valence-electron chi connectivity index (χ4n) is 1.62. The minimum absolute atomic E-state index is 0.0936. The molecule has 4 heteroatoms. The van der Waals surface area contributed by atoms with Crippen LogP contribution in [0.3, 0.4) is 0 Å². The average Bonchev–Trinajstić information content (AvgIpc) is 2.07. The SMILES string of the molecule is CC(C)(C)[C@H](N)C(=O)NCC1CC(O)C1. The Morgan fingerprint density at radius 3 is 2.47 bits per heavy atom. The molecule has 1 amide bonds. The molecule has 1 saturated carbocycles. The maximum atomic E-state index is 11.6. The van der Waals surface area contributed by atoms with E-state index in [-0.39, 0.29) is 17.4 Å². The second-order valence-electron chi connectivity index (χ2n) is 5.58. The first-order valence-electron chi connectivity index (χ1n) is 5.52. The Bertz CT molecular complexity index is 229. The van der Waals surface area contributed by atoms with Crippen molar-refractivity contribution in [1.82, 2.24) is 5.32 Å². The molecular weight excluding hydrogens is 192 g/mol. The highest BCUT2D eigenvalue weighted by Gasteiger charge is 2.30. The van der Waals surface area contributed by atoms with Crippen molar-refractivity contribution < 1.29 is 9.90 Å². The minimum atomic E-state index is -0.470. The molecule has 0 unspecified atom stereocenters. The van der Waals surface area contributed by atoms with Crippen LogP contribution in [0.15, 0.2) is 0 Å². The third-order valence-corrected chi connectivity index (χ3v) is 2.99. The maximum Gasteiger partial charge on any atom is 0.237 e. The van der Waals surface area contributed by atoms with E-state index >= 15 is 0 Å². The van der Waals surface area contributed by atoms with Crippen LogP contribution in [0.25, 0.3) is 0 Å². The molecule has 15 heavy (non-hydrogen) atoms. The second-order valence-corrected chi connectivity index (χ2v) is 5.58. The zero-order chi connectivity index (χ0) is 11.6. The molecule has 0 bridgehead atoms. The van der Waals surface area contributed by atoms with Crippen molar-refractivity contribution in [2.24, 2.45) is 17.1 Å². The van der Waals surface area contributed by atoms with Crippen molar-refractivity contribution in [1.29, 1.82) is 0 Å². The zero-order valence-corrected chi connectivity index (χ0v) is 9.79. The first kappa shape index (κ1) is 12.5. The summed E-state index contributed by atoms with van der Waals surface area (Å²) in [6.45, 7) is 6.48. The number of nitrogens with two attached hydrogens (primary N) is 1. The minimum Gasteiger partial charge on any atom is -0.393 e. The third kappa shape index (κ3) is 3.47. The lowest BCUT2D eigenvalue weighted by molar-refractivity contribution is -0.125. The summed E-state index contributed by atoms with van der Waals surface area (Å²) in [7, 11) is 0. The van der Waals surface area contributed by atoms with Crippen molar-refractivity contribution in [2.75, 3.05) is 6.54 Å². The van der Waals surface area contributed by atoms with Gasteiger partial charge in [0.1, 0.15) is 0 Å². The van der Waals surface area contributed by atoms with Crippen LogP contribution in [0.4, 0.5) is 0 Å². The van der Waals surface area contributed by atoms with Crippen LogP contribution in [0.5, 0.6) is 0 Å². The smallest absolute Gasteiger partial charge is 0.237 e. The predicted molar refractivity (Wildman–Crippen MR) is 59.2 cm³/mol. The largest absolute Gasteiger partial charge is 0.393 e. The summed E-state index contributed by atoms with van der Waals surface area (Å²) in [5.74, 6) is 0.333. The number of carbonyl (C=O) groups is 1. The van der Waals surface area contributed by atoms with Gasteiger partial charge in [0.05, 0.1) is 12.1 Å². The first-order valence-corrected chi connectivity index (χ1v) is 5.52. The van der Waals surface area contributed by atoms with Crippen molar-refractivity contribution >= 4 is 5.91 Å². The highest BCUT2D eigenvalue weighted by Crippen LogP contribution is 2.26. The van der Waals surface area contributed by atoms with Gasteiger partial charge in [-0.2, -0.15) is 0 Å². The van der Waals surface area contributed by atoms with Crippen LogP contribution in [-0.4, -0.2) is 29.7 Å². The second kappa shape index (κ2) is 4.49. The highest BCUT2D eigenvalue weighted by molar-refractivity contribution is 5.82. The topological polar surface area (TPSA) is 75.4 Å². The van der Waals surface area contributed by atoms with Crippen molar-refractivity contribution in [2.45, 2.75) is 45.8 Å². The fraction of sp³-hybridized carbons (Fsp3) is 0.909. The molecule has 0 aromatic carbocycles. The van der Waals surface area contributed by atoms with Crippen LogP contribution in [0.2, 0.25) is 0 Å². The molecular formula is C11H22N2O2. The normalized spacial score (nSPS) is 28.1. The molecule has 1 fully saturated rings. The monoisotopic (exact) mass is 214 g/mol. The van der Waals surface area contributed by atoms with E-state index in [0.717, 1.165) is 12.8 Å². The summed E-state index contributed by atoms with van der Waals surface area (Å²) in [5.41, 5.74) is 5.60. The molecule has 4 nitrogen and oxygen atoms in total. The van der Waals surface area contributed by atoms with Gasteiger partial charge in [-0.05, 0) is 24.2 Å². The number of hydrogen-bond acceptors (Lipinski definition) is 3. The molecule has 1 aliphatic carbocycles. The van der Waals surface area contributed by atoms with E-state index in [4.69, 9.17) is 10.8 Å². The van der Waals surface area contributed by atoms with E-state index in [2.05, 4.69) is 5.32 Å². The number of aliphatic hydroxyl groups excluding tert-OH is 1. The molecule has 1 aliphatic rings. The Morgan fingerprint density at radius 1 is 1.53 bits per heavy atom. The molecule has 0 saturated heterocycles. The molecule has 0 spiro atoms. The Morgan fingerprint density at radius 2 is 2.07 bits per heavy atom. The van der Waals surface area contributed by atoms with Crippen molar-refractivity contribution in [3.8, 4) is 0 Å². The van der Waals surface area contributed by atoms with Crippen LogP contribution in [0, 0.1) is 11.3 Å². The molecule has 0 aromatic heterocycles. The van der Waals surface area contributed by atoms with Crippen LogP contribution in [0.1, 0.15) is 33.6 Å². The third-order valence-electron chi connectivity index (χ3n) is 2.99. The average molecular weight is 214 g/mol. The number of aliphatic hydroxyl groups is 1. The Hall–Kier alpha value is -0.610. The highest BCUT2D eigenvalue weighted by atomic mass is 16.3. The van der Waals surface area contributed by atoms with E-state index in [1.54, 1.807) is 0 Å².